The molecule has 0 atom stereocenters. The first-order chi connectivity index (χ1) is 67.3. The molecule has 0 saturated heterocycles. The van der Waals surface area contributed by atoms with Crippen LogP contribution in [0, 0.1) is 43.4 Å². The molecule has 0 spiro atoms. The van der Waals surface area contributed by atoms with Crippen molar-refractivity contribution in [2.24, 2.45) is 0 Å². The van der Waals surface area contributed by atoms with Crippen molar-refractivity contribution in [3.63, 3.8) is 0 Å². The highest BCUT2D eigenvalue weighted by atomic mass is 19.4. The van der Waals surface area contributed by atoms with Crippen LogP contribution in [0.4, 0.5) is 26.3 Å². The number of pyridine rings is 4. The Hall–Kier alpha value is -18.2. The minimum Gasteiger partial charge on any atom is -0.490 e. The van der Waals surface area contributed by atoms with Gasteiger partial charge < -0.3 is 36.6 Å². The van der Waals surface area contributed by atoms with E-state index in [9.17, 15) is 26.3 Å². The largest absolute Gasteiger partial charge is 0.490 e. The number of ether oxygens (including phenoxy) is 2. The number of rotatable bonds is 18. The number of alkyl halides is 6. The van der Waals surface area contributed by atoms with Crippen LogP contribution in [0.15, 0.2) is 356 Å². The zero-order valence-electron chi connectivity index (χ0n) is 75.7. The first-order valence-electron chi connectivity index (χ1n) is 43.2. The molecule has 20 aromatic rings. The van der Waals surface area contributed by atoms with E-state index in [0.29, 0.717) is 99.7 Å². The monoisotopic (exact) mass is 1860 g/mol. The van der Waals surface area contributed by atoms with Crippen LogP contribution in [0.1, 0.15) is 79.1 Å². The third-order valence-corrected chi connectivity index (χ3v) is 20.9. The lowest BCUT2D eigenvalue weighted by Gasteiger charge is -2.19. The summed E-state index contributed by atoms with van der Waals surface area (Å²) in [4.78, 5) is 42.0. The van der Waals surface area contributed by atoms with Gasteiger partial charge in [0.1, 0.15) is 0 Å². The summed E-state index contributed by atoms with van der Waals surface area (Å²) < 4.78 is 122. The number of hydrogen-bond acceptors (Lipinski definition) is 26. The van der Waals surface area contributed by atoms with Crippen molar-refractivity contribution in [2.75, 3.05) is 13.2 Å². The van der Waals surface area contributed by atoms with Crippen LogP contribution in [-0.2, 0) is 17.8 Å². The Morgan fingerprint density at radius 2 is 0.604 bits per heavy atom. The maximum Gasteiger partial charge on any atom is 0.416 e. The van der Waals surface area contributed by atoms with Gasteiger partial charge in [-0.3, -0.25) is 19.9 Å². The third-order valence-electron chi connectivity index (χ3n) is 20.9. The Kier molecular flexibility index (Phi) is 30.3. The van der Waals surface area contributed by atoms with Gasteiger partial charge in [-0.2, -0.15) is 66.8 Å². The Balaban J connectivity index is 0.000000127. The third kappa shape index (κ3) is 24.6. The van der Waals surface area contributed by atoms with E-state index in [1.54, 1.807) is 97.8 Å². The smallest absolute Gasteiger partial charge is 0.416 e. The van der Waals surface area contributed by atoms with Gasteiger partial charge in [0, 0.05) is 116 Å². The molecule has 0 saturated carbocycles. The van der Waals surface area contributed by atoms with Crippen LogP contribution < -0.4 is 9.47 Å². The average Bonchev–Trinajstić information content (AvgIpc) is 1.79. The lowest BCUT2D eigenvalue weighted by atomic mass is 9.86. The molecule has 10 heterocycles. The fourth-order valence-corrected chi connectivity index (χ4v) is 13.8. The van der Waals surface area contributed by atoms with Gasteiger partial charge in [0.25, 0.3) is 35.3 Å². The maximum atomic E-state index is 13.4. The highest BCUT2D eigenvalue weighted by Gasteiger charge is 2.34. The Morgan fingerprint density at radius 3 is 1.02 bits per heavy atom. The number of halogens is 6. The molecule has 0 aliphatic carbocycles. The highest BCUT2D eigenvalue weighted by molar-refractivity contribution is 5.75. The van der Waals surface area contributed by atoms with Crippen molar-refractivity contribution in [3.05, 3.63) is 373 Å². The molecule has 10 aromatic heterocycles. The molecule has 139 heavy (non-hydrogen) atoms. The number of benzene rings is 10. The number of nitriles is 2. The summed E-state index contributed by atoms with van der Waals surface area (Å²) in [5.74, 6) is 6.06. The van der Waals surface area contributed by atoms with Gasteiger partial charge in [0.15, 0.2) is 11.5 Å². The topological polar surface area (TPSA) is 351 Å². The van der Waals surface area contributed by atoms with Gasteiger partial charge in [0.2, 0.25) is 34.9 Å². The van der Waals surface area contributed by atoms with E-state index >= 15 is 0 Å². The van der Waals surface area contributed by atoms with Crippen molar-refractivity contribution in [1.82, 2.24) is 80.8 Å². The molecule has 26 nitrogen and oxygen atoms in total. The second-order valence-electron chi connectivity index (χ2n) is 31.6. The molecule has 10 aromatic carbocycles. The molecule has 0 aliphatic rings. The van der Waals surface area contributed by atoms with Gasteiger partial charge in [-0.15, -0.1) is 0 Å². The van der Waals surface area contributed by atoms with Gasteiger partial charge in [-0.25, -0.2) is 0 Å². The molecular weight excluding hydrogens is 1780 g/mol. The lowest BCUT2D eigenvalue weighted by molar-refractivity contribution is -0.138. The molecule has 0 aliphatic heterocycles. The van der Waals surface area contributed by atoms with Crippen LogP contribution in [0.5, 0.6) is 11.5 Å². The fraction of sp³-hybridized carbons (Fsp3) is 0.121. The quantitative estimate of drug-likeness (QED) is 0.0720. The van der Waals surface area contributed by atoms with Crippen LogP contribution in [-0.4, -0.2) is 94.0 Å². The van der Waals surface area contributed by atoms with Crippen LogP contribution >= 0.6 is 0 Å². The maximum absolute atomic E-state index is 13.4. The molecular formula is C107H82F6N18O8. The number of hydrogen-bond donors (Lipinski definition) is 0. The predicted octanol–water partition coefficient (Wildman–Crippen LogP) is 26.1. The Bertz CT molecular complexity index is 7590. The number of nitrogens with zero attached hydrogens (tertiary/aromatic N) is 18. The van der Waals surface area contributed by atoms with Gasteiger partial charge >= 0.3 is 12.4 Å². The summed E-state index contributed by atoms with van der Waals surface area (Å²) in [6.07, 6.45) is 4.20. The average molecular weight is 1860 g/mol. The van der Waals surface area contributed by atoms with E-state index in [1.807, 2.05) is 192 Å². The van der Waals surface area contributed by atoms with Crippen molar-refractivity contribution in [2.45, 2.75) is 73.2 Å². The summed E-state index contributed by atoms with van der Waals surface area (Å²) in [5.41, 5.74) is 15.1. The number of aromatic nitrogens is 16. The summed E-state index contributed by atoms with van der Waals surface area (Å²) in [6.45, 7) is 17.4. The Morgan fingerprint density at radius 1 is 0.273 bits per heavy atom. The van der Waals surface area contributed by atoms with Gasteiger partial charge in [-0.05, 0) is 230 Å². The van der Waals surface area contributed by atoms with Crippen molar-refractivity contribution >= 4 is 0 Å². The minimum atomic E-state index is -4.57. The summed E-state index contributed by atoms with van der Waals surface area (Å²) >= 11 is 0. The standard InChI is InChI=1S/C22H15F3N2O.C19H13N3O.C19H20N2O3.C17H17N3O.C15H7F3N4O.C15H10N4O/c1-14-7-5-6-10-19(14)20-26-21(28-27-20)17-11-16(15-8-3-2-4-9-15)12-18(13-17)22(23,24)25;1-2-5-14(6-3-1)16-7-4-8-17(13-16)19-21-18(22-23-19)15-9-11-20-12-10-15;1-4-22-16-11-10-14(12-17(16)23-5-2)19-20-18(21-24-19)15-9-7-6-8-13(15)3;1-17(2,3)14-6-4-5-13(11-14)16-19-15(20-21-16)12-7-9-18-10-8-12;16-15(17,18)12-6-9(8-19)5-11(7-12)14-21-13(22-23-14)10-1-3-20-4-2-10;1-10-8-12(2-3-13(10)9-16)15-18-14(19-20-15)11-4-6-17-7-5-11/h2-13H,1H3;1-13H;6-12H,4-5H2,1-3H3;4-11H,1-3H3;1-7H;2-8H,1H3. The summed E-state index contributed by atoms with van der Waals surface area (Å²) in [5, 5.41) is 41.6. The van der Waals surface area contributed by atoms with Crippen molar-refractivity contribution < 1.29 is 63.0 Å². The lowest BCUT2D eigenvalue weighted by Crippen LogP contribution is -2.10. The highest BCUT2D eigenvalue weighted by Crippen LogP contribution is 2.40. The normalized spacial score (nSPS) is 11.0. The SMILES string of the molecule is CC(C)(C)c1cccc(-c2nc(-c3ccncc3)no2)c1.CCOc1ccc(-c2nc(-c3ccccc3C)no2)cc1OCC.Cc1cc(-c2nc(-c3ccncc3)no2)ccc1C#N.Cc1ccccc1-c1noc(-c2cc(-c3ccccc3)cc(C(F)(F)F)c2)n1.N#Cc1cc(-c2nc(-c3ccncc3)no2)cc(C(F)(F)F)c1.c1ccc(-c2cccc(-c3nc(-c4ccncc4)no3)c2)cc1. The van der Waals surface area contributed by atoms with E-state index in [4.69, 9.17) is 47.1 Å². The van der Waals surface area contributed by atoms with E-state index < -0.39 is 23.5 Å². The second-order valence-corrected chi connectivity index (χ2v) is 31.6. The molecule has 0 radical (unpaired) electrons. The molecule has 0 amide bonds. The van der Waals surface area contributed by atoms with E-state index in [-0.39, 0.29) is 39.7 Å². The van der Waals surface area contributed by atoms with E-state index in [0.717, 1.165) is 102 Å². The first-order valence-corrected chi connectivity index (χ1v) is 43.2. The van der Waals surface area contributed by atoms with Crippen LogP contribution in [0.25, 0.3) is 159 Å². The first kappa shape index (κ1) is 95.4. The molecule has 0 unspecified atom stereocenters. The Labute approximate surface area is 792 Å². The van der Waals surface area contributed by atoms with E-state index in [2.05, 4.69) is 144 Å². The van der Waals surface area contributed by atoms with Gasteiger partial charge in [0.05, 0.1) is 47.6 Å². The molecule has 32 heteroatoms. The molecule has 0 bridgehead atoms. The van der Waals surface area contributed by atoms with Crippen LogP contribution in [0.3, 0.4) is 0 Å². The minimum absolute atomic E-state index is 0.0316. The molecule has 0 N–H and O–H groups in total. The van der Waals surface area contributed by atoms with Crippen LogP contribution in [0.2, 0.25) is 0 Å². The molecule has 0 fully saturated rings. The molecule has 690 valence electrons. The molecule has 20 rings (SSSR count). The van der Waals surface area contributed by atoms with Crippen molar-refractivity contribution in [1.29, 1.82) is 10.5 Å². The van der Waals surface area contributed by atoms with Crippen molar-refractivity contribution in [3.8, 4) is 183 Å². The number of aryl methyl sites for hydroxylation is 3. The predicted molar refractivity (Wildman–Crippen MR) is 508 cm³/mol. The van der Waals surface area contributed by atoms with Gasteiger partial charge in [-0.1, -0.05) is 185 Å². The summed E-state index contributed by atoms with van der Waals surface area (Å²) in [7, 11) is 0. The zero-order chi connectivity index (χ0) is 97.4. The van der Waals surface area contributed by atoms with E-state index in [1.165, 1.54) is 24.0 Å². The fourth-order valence-electron chi connectivity index (χ4n) is 13.8. The zero-order valence-corrected chi connectivity index (χ0v) is 75.7. The summed E-state index contributed by atoms with van der Waals surface area (Å²) in [6, 6.07) is 86.7. The second kappa shape index (κ2) is 44.1.